The molecule has 2 nitrogen and oxygen atoms in total. The lowest BCUT2D eigenvalue weighted by Crippen LogP contribution is -2.19. The summed E-state index contributed by atoms with van der Waals surface area (Å²) in [6.07, 6.45) is 0. The van der Waals surface area contributed by atoms with Gasteiger partial charge in [0, 0.05) is 16.5 Å². The zero-order valence-corrected chi connectivity index (χ0v) is 27.8. The van der Waals surface area contributed by atoms with E-state index in [1.165, 1.54) is 32.8 Å². The maximum atomic E-state index is 14.5. The molecule has 10 aromatic rings. The lowest BCUT2D eigenvalue weighted by molar-refractivity contribution is 1.06. The standard InChI is InChI=1S/C49H31NO/c51-49-43-19-11-10-18-39(43)47-30-37(34-16-8-3-9-17-34)22-27-48(47)50(49)38-23-26-42-44-28-35(32-12-4-1-5-13-32)20-24-40(44)41-25-21-36(29-45(41)46(42)31-38)33-14-6-2-7-15-33/h1-31H. The van der Waals surface area contributed by atoms with Crippen LogP contribution in [0.3, 0.4) is 0 Å². The largest absolute Gasteiger partial charge is 0.276 e. The van der Waals surface area contributed by atoms with Crippen molar-refractivity contribution >= 4 is 54.0 Å². The van der Waals surface area contributed by atoms with Crippen molar-refractivity contribution in [2.75, 3.05) is 0 Å². The summed E-state index contributed by atoms with van der Waals surface area (Å²) in [4.78, 5) is 14.5. The van der Waals surface area contributed by atoms with Crippen LogP contribution in [0.5, 0.6) is 0 Å². The quantitative estimate of drug-likeness (QED) is 0.174. The van der Waals surface area contributed by atoms with Gasteiger partial charge in [0.25, 0.3) is 5.56 Å². The van der Waals surface area contributed by atoms with Crippen molar-refractivity contribution < 1.29 is 0 Å². The highest BCUT2D eigenvalue weighted by atomic mass is 16.1. The highest BCUT2D eigenvalue weighted by molar-refractivity contribution is 6.26. The summed E-state index contributed by atoms with van der Waals surface area (Å²) >= 11 is 0. The highest BCUT2D eigenvalue weighted by Crippen LogP contribution is 2.40. The van der Waals surface area contributed by atoms with Crippen LogP contribution in [0.4, 0.5) is 0 Å². The molecule has 0 fully saturated rings. The van der Waals surface area contributed by atoms with Gasteiger partial charge in [0.15, 0.2) is 0 Å². The molecule has 0 spiro atoms. The molecule has 0 amide bonds. The molecule has 0 unspecified atom stereocenters. The lowest BCUT2D eigenvalue weighted by atomic mass is 9.90. The third-order valence-electron chi connectivity index (χ3n) is 10.4. The van der Waals surface area contributed by atoms with E-state index in [0.717, 1.165) is 54.8 Å². The van der Waals surface area contributed by atoms with Crippen molar-refractivity contribution in [3.8, 4) is 39.1 Å². The summed E-state index contributed by atoms with van der Waals surface area (Å²) in [7, 11) is 0. The van der Waals surface area contributed by atoms with Gasteiger partial charge >= 0.3 is 0 Å². The number of rotatable bonds is 4. The first-order valence-electron chi connectivity index (χ1n) is 17.4. The number of pyridine rings is 1. The summed E-state index contributed by atoms with van der Waals surface area (Å²) in [6, 6.07) is 66.1. The second-order valence-corrected chi connectivity index (χ2v) is 13.3. The van der Waals surface area contributed by atoms with Gasteiger partial charge in [0.2, 0.25) is 0 Å². The first-order valence-corrected chi connectivity index (χ1v) is 17.4. The van der Waals surface area contributed by atoms with Crippen LogP contribution in [0.2, 0.25) is 0 Å². The monoisotopic (exact) mass is 649 g/mol. The molecular weight excluding hydrogens is 619 g/mol. The van der Waals surface area contributed by atoms with E-state index in [1.54, 1.807) is 0 Å². The van der Waals surface area contributed by atoms with Gasteiger partial charge in [-0.3, -0.25) is 9.36 Å². The Labute approximate surface area is 295 Å². The second kappa shape index (κ2) is 11.7. The normalized spacial score (nSPS) is 11.6. The van der Waals surface area contributed by atoms with Crippen molar-refractivity contribution in [3.63, 3.8) is 0 Å². The molecule has 10 rings (SSSR count). The van der Waals surface area contributed by atoms with E-state index < -0.39 is 0 Å². The third kappa shape index (κ3) is 4.76. The van der Waals surface area contributed by atoms with E-state index in [-0.39, 0.29) is 5.56 Å². The van der Waals surface area contributed by atoms with Crippen molar-refractivity contribution in [3.05, 3.63) is 198 Å². The lowest BCUT2D eigenvalue weighted by Gasteiger charge is -2.17. The Kier molecular flexibility index (Phi) is 6.68. The molecule has 0 saturated carbocycles. The van der Waals surface area contributed by atoms with Gasteiger partial charge < -0.3 is 0 Å². The number of hydrogen-bond acceptors (Lipinski definition) is 1. The van der Waals surface area contributed by atoms with Crippen LogP contribution < -0.4 is 5.56 Å². The van der Waals surface area contributed by atoms with E-state index in [0.29, 0.717) is 5.39 Å². The molecule has 0 N–H and O–H groups in total. The van der Waals surface area contributed by atoms with Crippen molar-refractivity contribution in [2.24, 2.45) is 0 Å². The number of fused-ring (bicyclic) bond motifs is 9. The molecule has 0 radical (unpaired) electrons. The first-order chi connectivity index (χ1) is 25.2. The maximum absolute atomic E-state index is 14.5. The summed E-state index contributed by atoms with van der Waals surface area (Å²) in [5.41, 5.74) is 8.69. The van der Waals surface area contributed by atoms with Gasteiger partial charge in [-0.2, -0.15) is 0 Å². The second-order valence-electron chi connectivity index (χ2n) is 13.3. The van der Waals surface area contributed by atoms with Gasteiger partial charge in [0.1, 0.15) is 0 Å². The van der Waals surface area contributed by atoms with E-state index in [2.05, 4.69) is 164 Å². The highest BCUT2D eigenvalue weighted by Gasteiger charge is 2.17. The van der Waals surface area contributed by atoms with Crippen LogP contribution in [0.15, 0.2) is 193 Å². The molecule has 0 atom stereocenters. The van der Waals surface area contributed by atoms with Crippen LogP contribution in [-0.4, -0.2) is 4.57 Å². The molecular formula is C49H31NO. The van der Waals surface area contributed by atoms with Crippen LogP contribution in [0, 0.1) is 0 Å². The summed E-state index contributed by atoms with van der Waals surface area (Å²) in [6.45, 7) is 0. The Morgan fingerprint density at radius 1 is 0.275 bits per heavy atom. The van der Waals surface area contributed by atoms with Gasteiger partial charge in [0.05, 0.1) is 5.52 Å². The molecule has 1 heterocycles. The molecule has 0 saturated heterocycles. The van der Waals surface area contributed by atoms with Crippen LogP contribution in [-0.2, 0) is 0 Å². The SMILES string of the molecule is O=c1c2ccccc2c2cc(-c3ccccc3)ccc2n1-c1ccc2c3cc(-c4ccccc4)ccc3c3ccc(-c4ccccc4)cc3c2c1. The Balaban J connectivity index is 1.29. The third-order valence-corrected chi connectivity index (χ3v) is 10.4. The Bertz CT molecular complexity index is 3020. The van der Waals surface area contributed by atoms with E-state index >= 15 is 0 Å². The van der Waals surface area contributed by atoms with Gasteiger partial charge in [-0.15, -0.1) is 0 Å². The predicted octanol–water partition coefficient (Wildman–Crippen LogP) is 12.6. The summed E-state index contributed by atoms with van der Waals surface area (Å²) in [5.74, 6) is 0. The molecule has 9 aromatic carbocycles. The number of benzene rings is 9. The fourth-order valence-electron chi connectivity index (χ4n) is 7.90. The summed E-state index contributed by atoms with van der Waals surface area (Å²) in [5, 5.41) is 9.76. The molecule has 1 aromatic heterocycles. The van der Waals surface area contributed by atoms with Crippen molar-refractivity contribution in [1.82, 2.24) is 4.57 Å². The Hall–Kier alpha value is -6.77. The van der Waals surface area contributed by atoms with Crippen molar-refractivity contribution in [1.29, 1.82) is 0 Å². The summed E-state index contributed by atoms with van der Waals surface area (Å²) < 4.78 is 1.91. The molecule has 0 aliphatic rings. The van der Waals surface area contributed by atoms with Crippen LogP contribution >= 0.6 is 0 Å². The smallest absolute Gasteiger partial charge is 0.263 e. The molecule has 0 aliphatic carbocycles. The first kappa shape index (κ1) is 29.2. The number of aromatic nitrogens is 1. The zero-order chi connectivity index (χ0) is 33.9. The fourth-order valence-corrected chi connectivity index (χ4v) is 7.90. The Morgan fingerprint density at radius 3 is 1.24 bits per heavy atom. The zero-order valence-electron chi connectivity index (χ0n) is 27.8. The predicted molar refractivity (Wildman–Crippen MR) is 216 cm³/mol. The average molecular weight is 650 g/mol. The van der Waals surface area contributed by atoms with Crippen LogP contribution in [0.25, 0.3) is 93.1 Å². The van der Waals surface area contributed by atoms with Crippen LogP contribution in [0.1, 0.15) is 0 Å². The Morgan fingerprint density at radius 2 is 0.667 bits per heavy atom. The number of hydrogen-bond donors (Lipinski definition) is 0. The van der Waals surface area contributed by atoms with E-state index in [4.69, 9.17) is 0 Å². The van der Waals surface area contributed by atoms with Gasteiger partial charge in [-0.05, 0) is 114 Å². The topological polar surface area (TPSA) is 22.0 Å². The molecule has 0 bridgehead atoms. The van der Waals surface area contributed by atoms with E-state index in [9.17, 15) is 4.79 Å². The molecule has 51 heavy (non-hydrogen) atoms. The minimum absolute atomic E-state index is 0.0219. The maximum Gasteiger partial charge on any atom is 0.263 e. The minimum Gasteiger partial charge on any atom is -0.276 e. The molecule has 0 aliphatic heterocycles. The minimum atomic E-state index is -0.0219. The average Bonchev–Trinajstić information content (AvgIpc) is 3.21. The van der Waals surface area contributed by atoms with Gasteiger partial charge in [-0.1, -0.05) is 146 Å². The van der Waals surface area contributed by atoms with Gasteiger partial charge in [-0.25, -0.2) is 0 Å². The number of nitrogens with zero attached hydrogens (tertiary/aromatic N) is 1. The fraction of sp³-hybridized carbons (Fsp3) is 0. The molecule has 2 heteroatoms. The van der Waals surface area contributed by atoms with E-state index in [1.807, 2.05) is 28.8 Å². The molecule has 238 valence electrons. The van der Waals surface area contributed by atoms with Crippen molar-refractivity contribution in [2.45, 2.75) is 0 Å².